The average Bonchev–Trinajstić information content (AvgIpc) is 2.88. The molecule has 36 heavy (non-hydrogen) atoms. The largest absolute Gasteiger partial charge is 0.321 e. The van der Waals surface area contributed by atoms with Gasteiger partial charge in [-0.05, 0) is 65.6 Å². The Morgan fingerprint density at radius 2 is 1.58 bits per heavy atom. The number of halogens is 1. The molecule has 1 aliphatic rings. The van der Waals surface area contributed by atoms with E-state index in [1.54, 1.807) is 67.0 Å². The van der Waals surface area contributed by atoms with Gasteiger partial charge in [0.2, 0.25) is 0 Å². The van der Waals surface area contributed by atoms with Gasteiger partial charge in [-0.15, -0.1) is 0 Å². The number of nitrogens with zero attached hydrogens (tertiary/aromatic N) is 2. The number of pyridine rings is 1. The van der Waals surface area contributed by atoms with E-state index >= 15 is 0 Å². The monoisotopic (exact) mass is 515 g/mol. The third-order valence-corrected chi connectivity index (χ3v) is 8.11. The summed E-state index contributed by atoms with van der Waals surface area (Å²) in [4.78, 5) is 17.3. The van der Waals surface area contributed by atoms with Crippen LogP contribution in [0.15, 0.2) is 102 Å². The van der Waals surface area contributed by atoms with Gasteiger partial charge in [-0.1, -0.05) is 54.1 Å². The van der Waals surface area contributed by atoms with Crippen molar-refractivity contribution in [2.45, 2.75) is 6.42 Å². The highest BCUT2D eigenvalue weighted by molar-refractivity contribution is 7.97. The van der Waals surface area contributed by atoms with Crippen LogP contribution in [0.1, 0.15) is 22.3 Å². The smallest absolute Gasteiger partial charge is 0.270 e. The number of fused-ring (bicyclic) bond motifs is 1. The fourth-order valence-electron chi connectivity index (χ4n) is 4.25. The lowest BCUT2D eigenvalue weighted by molar-refractivity contribution is -0.112. The molecule has 1 aliphatic heterocycles. The zero-order valence-electron chi connectivity index (χ0n) is 19.4. The first-order chi connectivity index (χ1) is 17.3. The van der Waals surface area contributed by atoms with E-state index in [4.69, 9.17) is 11.6 Å². The first kappa shape index (κ1) is 23.8. The average molecular weight is 516 g/mol. The van der Waals surface area contributed by atoms with Crippen molar-refractivity contribution in [3.63, 3.8) is 0 Å². The fraction of sp³-hybridized carbons (Fsp3) is 0.0714. The van der Waals surface area contributed by atoms with Crippen LogP contribution in [0.5, 0.6) is 0 Å². The van der Waals surface area contributed by atoms with Crippen LogP contribution in [-0.2, 0) is 21.2 Å². The second-order valence-electron chi connectivity index (χ2n) is 8.39. The number of rotatable bonds is 5. The van der Waals surface area contributed by atoms with E-state index in [0.717, 1.165) is 21.9 Å². The number of hydrogen-bond acceptors (Lipinski definition) is 4. The van der Waals surface area contributed by atoms with Crippen molar-refractivity contribution in [1.29, 1.82) is 0 Å². The molecule has 0 aliphatic carbocycles. The van der Waals surface area contributed by atoms with Gasteiger partial charge in [-0.25, -0.2) is 8.42 Å². The molecule has 2 heterocycles. The Kier molecular flexibility index (Phi) is 6.35. The number of carbonyl (C=O) groups excluding carboxylic acids is 1. The minimum absolute atomic E-state index is 0.318. The van der Waals surface area contributed by atoms with Crippen molar-refractivity contribution < 1.29 is 13.2 Å². The molecule has 8 heteroatoms. The Bertz CT molecular complexity index is 1570. The van der Waals surface area contributed by atoms with Crippen LogP contribution in [0, 0.1) is 0 Å². The maximum Gasteiger partial charge on any atom is 0.270 e. The number of anilines is 2. The Balaban J connectivity index is 1.55. The number of sulfonamides is 1. The maximum absolute atomic E-state index is 13.6. The third kappa shape index (κ3) is 4.51. The SMILES string of the molecule is CN1c2ccc(Cl)cc2C(c2ccccc2)=C(C(=O)Nc2ccc(Cc3ccncc3)cc2)S1(=O)=O. The van der Waals surface area contributed by atoms with Crippen LogP contribution >= 0.6 is 11.6 Å². The molecular formula is C28H22ClN3O3S. The van der Waals surface area contributed by atoms with Gasteiger partial charge in [-0.3, -0.25) is 14.1 Å². The van der Waals surface area contributed by atoms with Crippen LogP contribution in [0.2, 0.25) is 5.02 Å². The van der Waals surface area contributed by atoms with E-state index in [0.29, 0.717) is 33.1 Å². The number of amides is 1. The molecule has 0 bridgehead atoms. The minimum atomic E-state index is -4.14. The van der Waals surface area contributed by atoms with Gasteiger partial charge in [0.25, 0.3) is 15.9 Å². The molecule has 1 aromatic heterocycles. The normalized spacial score (nSPS) is 14.3. The second-order valence-corrected chi connectivity index (χ2v) is 10.7. The predicted octanol–water partition coefficient (Wildman–Crippen LogP) is 5.50. The fourth-order valence-corrected chi connectivity index (χ4v) is 5.89. The van der Waals surface area contributed by atoms with Gasteiger partial charge < -0.3 is 5.32 Å². The molecule has 0 saturated carbocycles. The summed E-state index contributed by atoms with van der Waals surface area (Å²) in [6, 6.07) is 25.2. The minimum Gasteiger partial charge on any atom is -0.321 e. The highest BCUT2D eigenvalue weighted by Gasteiger charge is 2.39. The van der Waals surface area contributed by atoms with E-state index in [1.807, 2.05) is 30.3 Å². The molecule has 1 N–H and O–H groups in total. The molecule has 0 spiro atoms. The topological polar surface area (TPSA) is 79.4 Å². The van der Waals surface area contributed by atoms with Gasteiger partial charge in [0.1, 0.15) is 0 Å². The predicted molar refractivity (Wildman–Crippen MR) is 143 cm³/mol. The molecule has 1 amide bonds. The third-order valence-electron chi connectivity index (χ3n) is 6.05. The first-order valence-electron chi connectivity index (χ1n) is 11.2. The Labute approximate surface area is 214 Å². The van der Waals surface area contributed by atoms with Crippen LogP contribution < -0.4 is 9.62 Å². The summed E-state index contributed by atoms with van der Waals surface area (Å²) < 4.78 is 28.3. The van der Waals surface area contributed by atoms with E-state index in [9.17, 15) is 13.2 Å². The van der Waals surface area contributed by atoms with E-state index in [2.05, 4.69) is 10.3 Å². The molecule has 0 atom stereocenters. The van der Waals surface area contributed by atoms with Crippen molar-refractivity contribution in [2.75, 3.05) is 16.7 Å². The molecular weight excluding hydrogens is 494 g/mol. The van der Waals surface area contributed by atoms with Crippen LogP contribution in [-0.4, -0.2) is 26.4 Å². The molecule has 3 aromatic carbocycles. The molecule has 0 unspecified atom stereocenters. The highest BCUT2D eigenvalue weighted by atomic mass is 35.5. The lowest BCUT2D eigenvalue weighted by Gasteiger charge is -2.31. The first-order valence-corrected chi connectivity index (χ1v) is 13.0. The summed E-state index contributed by atoms with van der Waals surface area (Å²) in [7, 11) is -2.71. The highest BCUT2D eigenvalue weighted by Crippen LogP contribution is 2.43. The van der Waals surface area contributed by atoms with Crippen molar-refractivity contribution in [1.82, 2.24) is 4.98 Å². The summed E-state index contributed by atoms with van der Waals surface area (Å²) in [6.45, 7) is 0. The van der Waals surface area contributed by atoms with E-state index < -0.39 is 15.9 Å². The number of hydrogen-bond donors (Lipinski definition) is 1. The zero-order valence-corrected chi connectivity index (χ0v) is 20.9. The van der Waals surface area contributed by atoms with Gasteiger partial charge in [0.15, 0.2) is 4.91 Å². The second kappa shape index (κ2) is 9.60. The molecule has 4 aromatic rings. The van der Waals surface area contributed by atoms with Crippen molar-refractivity contribution in [3.05, 3.63) is 130 Å². The lowest BCUT2D eigenvalue weighted by Crippen LogP contribution is -2.37. The molecule has 180 valence electrons. The molecule has 0 fully saturated rings. The Hall–Kier alpha value is -3.94. The van der Waals surface area contributed by atoms with E-state index in [1.165, 1.54) is 7.05 Å². The molecule has 5 rings (SSSR count). The van der Waals surface area contributed by atoms with Crippen molar-refractivity contribution in [3.8, 4) is 0 Å². The number of nitrogens with one attached hydrogen (secondary N) is 1. The summed E-state index contributed by atoms with van der Waals surface area (Å²) in [6.07, 6.45) is 4.21. The Morgan fingerprint density at radius 1 is 0.917 bits per heavy atom. The van der Waals surface area contributed by atoms with Crippen molar-refractivity contribution in [2.24, 2.45) is 0 Å². The number of aromatic nitrogens is 1. The standard InChI is InChI=1S/C28H22ClN3O3S/c1-32-25-12-9-22(29)18-24(25)26(21-5-3-2-4-6-21)27(36(32,34)35)28(33)31-23-10-7-19(8-11-23)17-20-13-15-30-16-14-20/h2-16,18H,17H2,1H3,(H,31,33). The van der Waals surface area contributed by atoms with Gasteiger partial charge in [0.05, 0.1) is 5.69 Å². The molecule has 0 radical (unpaired) electrons. The molecule has 0 saturated heterocycles. The Morgan fingerprint density at radius 3 is 2.28 bits per heavy atom. The van der Waals surface area contributed by atoms with Crippen molar-refractivity contribution >= 4 is 44.5 Å². The summed E-state index contributed by atoms with van der Waals surface area (Å²) in [5, 5.41) is 3.22. The lowest BCUT2D eigenvalue weighted by atomic mass is 9.95. The number of benzene rings is 3. The van der Waals surface area contributed by atoms with Gasteiger partial charge in [-0.2, -0.15) is 0 Å². The zero-order chi connectivity index (χ0) is 25.3. The van der Waals surface area contributed by atoms with Gasteiger partial charge in [0, 0.05) is 41.3 Å². The summed E-state index contributed by atoms with van der Waals surface area (Å²) >= 11 is 6.28. The number of carbonyl (C=O) groups is 1. The summed E-state index contributed by atoms with van der Waals surface area (Å²) in [5.74, 6) is -0.715. The quantitative estimate of drug-likeness (QED) is 0.380. The van der Waals surface area contributed by atoms with E-state index in [-0.39, 0.29) is 4.91 Å². The summed E-state index contributed by atoms with van der Waals surface area (Å²) in [5.41, 5.74) is 4.62. The molecule has 6 nitrogen and oxygen atoms in total. The van der Waals surface area contributed by atoms with Crippen LogP contribution in [0.25, 0.3) is 5.57 Å². The van der Waals surface area contributed by atoms with Crippen LogP contribution in [0.4, 0.5) is 11.4 Å². The van der Waals surface area contributed by atoms with Crippen LogP contribution in [0.3, 0.4) is 0 Å². The maximum atomic E-state index is 13.6. The van der Waals surface area contributed by atoms with Gasteiger partial charge >= 0.3 is 0 Å².